The van der Waals surface area contributed by atoms with Crippen molar-refractivity contribution in [3.05, 3.63) is 23.5 Å². The minimum Gasteiger partial charge on any atom is -0.389 e. The second kappa shape index (κ2) is 4.62. The lowest BCUT2D eigenvalue weighted by Gasteiger charge is -2.25. The van der Waals surface area contributed by atoms with E-state index in [-0.39, 0.29) is 12.5 Å². The molecule has 0 unspecified atom stereocenters. The van der Waals surface area contributed by atoms with Crippen molar-refractivity contribution in [3.8, 4) is 0 Å². The van der Waals surface area contributed by atoms with E-state index in [9.17, 15) is 9.90 Å². The second-order valence-electron chi connectivity index (χ2n) is 5.32. The van der Waals surface area contributed by atoms with Crippen molar-refractivity contribution in [2.45, 2.75) is 26.4 Å². The summed E-state index contributed by atoms with van der Waals surface area (Å²) in [5.74, 6) is -0.197. The van der Waals surface area contributed by atoms with Gasteiger partial charge < -0.3 is 14.5 Å². The SMILES string of the molecule is Cc1noc2ncc(C(=O)N(C)CC(C)(C)O)cc12. The van der Waals surface area contributed by atoms with E-state index in [1.807, 2.05) is 0 Å². The van der Waals surface area contributed by atoms with Gasteiger partial charge in [0.25, 0.3) is 11.6 Å². The number of hydrogen-bond acceptors (Lipinski definition) is 5. The van der Waals surface area contributed by atoms with Crippen LogP contribution in [0.15, 0.2) is 16.8 Å². The Kier molecular flexibility index (Phi) is 3.28. The Labute approximate surface area is 111 Å². The Balaban J connectivity index is 2.28. The molecule has 2 heterocycles. The number of carbonyl (C=O) groups is 1. The monoisotopic (exact) mass is 263 g/mol. The number of aromatic nitrogens is 2. The highest BCUT2D eigenvalue weighted by Gasteiger charge is 2.21. The molecule has 19 heavy (non-hydrogen) atoms. The molecule has 0 fully saturated rings. The third kappa shape index (κ3) is 2.90. The topological polar surface area (TPSA) is 79.5 Å². The largest absolute Gasteiger partial charge is 0.389 e. The Morgan fingerprint density at radius 3 is 2.84 bits per heavy atom. The number of aliphatic hydroxyl groups is 1. The summed E-state index contributed by atoms with van der Waals surface area (Å²) in [4.78, 5) is 17.7. The van der Waals surface area contributed by atoms with Gasteiger partial charge in [0.05, 0.1) is 22.2 Å². The predicted molar refractivity (Wildman–Crippen MR) is 69.8 cm³/mol. The Morgan fingerprint density at radius 2 is 2.21 bits per heavy atom. The van der Waals surface area contributed by atoms with E-state index in [2.05, 4.69) is 10.1 Å². The fourth-order valence-electron chi connectivity index (χ4n) is 1.93. The first-order valence-electron chi connectivity index (χ1n) is 5.98. The molecule has 2 aromatic rings. The Hall–Kier alpha value is -1.95. The summed E-state index contributed by atoms with van der Waals surface area (Å²) in [5.41, 5.74) is 0.627. The van der Waals surface area contributed by atoms with Gasteiger partial charge in [-0.25, -0.2) is 4.98 Å². The average Bonchev–Trinajstić information content (AvgIpc) is 2.67. The van der Waals surface area contributed by atoms with E-state index in [1.54, 1.807) is 33.9 Å². The van der Waals surface area contributed by atoms with Crippen LogP contribution >= 0.6 is 0 Å². The molecular weight excluding hydrogens is 246 g/mol. The quantitative estimate of drug-likeness (QED) is 0.904. The fraction of sp³-hybridized carbons (Fsp3) is 0.462. The molecule has 0 radical (unpaired) electrons. The molecule has 0 atom stereocenters. The molecule has 1 amide bonds. The van der Waals surface area contributed by atoms with Gasteiger partial charge in [-0.15, -0.1) is 0 Å². The molecule has 2 aromatic heterocycles. The molecule has 6 nitrogen and oxygen atoms in total. The number of likely N-dealkylation sites (N-methyl/N-ethyl adjacent to an activating group) is 1. The summed E-state index contributed by atoms with van der Waals surface area (Å²) in [6, 6.07) is 1.71. The molecule has 0 spiro atoms. The lowest BCUT2D eigenvalue weighted by Crippen LogP contribution is -2.39. The number of pyridine rings is 1. The van der Waals surface area contributed by atoms with Gasteiger partial charge in [-0.05, 0) is 26.8 Å². The van der Waals surface area contributed by atoms with Crippen molar-refractivity contribution >= 4 is 17.0 Å². The molecule has 2 rings (SSSR count). The van der Waals surface area contributed by atoms with Gasteiger partial charge in [0.15, 0.2) is 0 Å². The molecule has 0 aliphatic heterocycles. The molecule has 0 saturated carbocycles. The van der Waals surface area contributed by atoms with Gasteiger partial charge >= 0.3 is 0 Å². The van der Waals surface area contributed by atoms with E-state index in [4.69, 9.17) is 4.52 Å². The summed E-state index contributed by atoms with van der Waals surface area (Å²) in [6.45, 7) is 5.35. The molecule has 1 N–H and O–H groups in total. The maximum absolute atomic E-state index is 12.2. The second-order valence-corrected chi connectivity index (χ2v) is 5.32. The van der Waals surface area contributed by atoms with Crippen LogP contribution in [-0.2, 0) is 0 Å². The lowest BCUT2D eigenvalue weighted by molar-refractivity contribution is 0.0368. The first-order valence-corrected chi connectivity index (χ1v) is 5.98. The van der Waals surface area contributed by atoms with Crippen LogP contribution in [0.3, 0.4) is 0 Å². The van der Waals surface area contributed by atoms with Gasteiger partial charge in [-0.2, -0.15) is 0 Å². The number of rotatable bonds is 3. The summed E-state index contributed by atoms with van der Waals surface area (Å²) in [5, 5.41) is 14.3. The van der Waals surface area contributed by atoms with Gasteiger partial charge in [0, 0.05) is 19.8 Å². The normalized spacial score (nSPS) is 11.8. The van der Waals surface area contributed by atoms with E-state index in [1.165, 1.54) is 11.1 Å². The van der Waals surface area contributed by atoms with Crippen LogP contribution < -0.4 is 0 Å². The molecular formula is C13H17N3O3. The van der Waals surface area contributed by atoms with Crippen molar-refractivity contribution in [1.82, 2.24) is 15.0 Å². The van der Waals surface area contributed by atoms with E-state index >= 15 is 0 Å². The standard InChI is InChI=1S/C13H17N3O3/c1-8-10-5-9(6-14-11(10)19-15-8)12(17)16(4)7-13(2,3)18/h5-6,18H,7H2,1-4H3. The van der Waals surface area contributed by atoms with Crippen LogP contribution in [0.2, 0.25) is 0 Å². The van der Waals surface area contributed by atoms with E-state index in [0.717, 1.165) is 5.39 Å². The predicted octanol–water partition coefficient (Wildman–Crippen LogP) is 1.37. The summed E-state index contributed by atoms with van der Waals surface area (Å²) in [6.07, 6.45) is 1.45. The number of hydrogen-bond donors (Lipinski definition) is 1. The first kappa shape index (κ1) is 13.5. The number of amides is 1. The fourth-order valence-corrected chi connectivity index (χ4v) is 1.93. The van der Waals surface area contributed by atoms with Gasteiger partial charge in [0.1, 0.15) is 0 Å². The number of carbonyl (C=O) groups excluding carboxylic acids is 1. The third-order valence-electron chi connectivity index (χ3n) is 2.73. The Morgan fingerprint density at radius 1 is 1.53 bits per heavy atom. The van der Waals surface area contributed by atoms with Crippen molar-refractivity contribution in [3.63, 3.8) is 0 Å². The van der Waals surface area contributed by atoms with Crippen LogP contribution in [0.4, 0.5) is 0 Å². The average molecular weight is 263 g/mol. The highest BCUT2D eigenvalue weighted by Crippen LogP contribution is 2.18. The van der Waals surface area contributed by atoms with E-state index in [0.29, 0.717) is 17.0 Å². The molecule has 0 bridgehead atoms. The van der Waals surface area contributed by atoms with Crippen molar-refractivity contribution in [2.24, 2.45) is 0 Å². The zero-order valence-electron chi connectivity index (χ0n) is 11.5. The maximum Gasteiger partial charge on any atom is 0.257 e. The minimum absolute atomic E-state index is 0.197. The Bertz CT molecular complexity index is 613. The molecule has 6 heteroatoms. The van der Waals surface area contributed by atoms with Crippen LogP contribution in [0.5, 0.6) is 0 Å². The molecule has 0 saturated heterocycles. The molecule has 0 aliphatic carbocycles. The van der Waals surface area contributed by atoms with Crippen molar-refractivity contribution in [2.75, 3.05) is 13.6 Å². The summed E-state index contributed by atoms with van der Waals surface area (Å²) in [7, 11) is 1.64. The zero-order valence-corrected chi connectivity index (χ0v) is 11.5. The maximum atomic E-state index is 12.2. The number of fused-ring (bicyclic) bond motifs is 1. The van der Waals surface area contributed by atoms with E-state index < -0.39 is 5.60 Å². The molecule has 0 aliphatic rings. The smallest absolute Gasteiger partial charge is 0.257 e. The van der Waals surface area contributed by atoms with Crippen LogP contribution in [0, 0.1) is 6.92 Å². The summed E-state index contributed by atoms with van der Waals surface area (Å²) < 4.78 is 5.00. The van der Waals surface area contributed by atoms with Crippen molar-refractivity contribution < 1.29 is 14.4 Å². The van der Waals surface area contributed by atoms with Gasteiger partial charge in [-0.1, -0.05) is 5.16 Å². The van der Waals surface area contributed by atoms with Gasteiger partial charge in [0.2, 0.25) is 0 Å². The van der Waals surface area contributed by atoms with Crippen LogP contribution in [0.25, 0.3) is 11.1 Å². The molecule has 102 valence electrons. The highest BCUT2D eigenvalue weighted by atomic mass is 16.5. The molecule has 0 aromatic carbocycles. The number of nitrogens with zero attached hydrogens (tertiary/aromatic N) is 3. The highest BCUT2D eigenvalue weighted by molar-refractivity contribution is 5.96. The zero-order chi connectivity index (χ0) is 14.2. The lowest BCUT2D eigenvalue weighted by atomic mass is 10.1. The first-order chi connectivity index (χ1) is 8.78. The minimum atomic E-state index is -0.935. The van der Waals surface area contributed by atoms with Crippen LogP contribution in [0.1, 0.15) is 29.9 Å². The summed E-state index contributed by atoms with van der Waals surface area (Å²) >= 11 is 0. The van der Waals surface area contributed by atoms with Crippen molar-refractivity contribution in [1.29, 1.82) is 0 Å². The van der Waals surface area contributed by atoms with Crippen LogP contribution in [-0.4, -0.2) is 45.2 Å². The third-order valence-corrected chi connectivity index (χ3v) is 2.73. The van der Waals surface area contributed by atoms with Gasteiger partial charge in [-0.3, -0.25) is 4.79 Å². The number of aryl methyl sites for hydroxylation is 1.